The van der Waals surface area contributed by atoms with Crippen LogP contribution in [0.15, 0.2) is 29.4 Å². The number of nitrogens with two attached hydrogens (primary N) is 1. The Morgan fingerprint density at radius 1 is 1.16 bits per heavy atom. The highest BCUT2D eigenvalue weighted by Gasteiger charge is 2.19. The van der Waals surface area contributed by atoms with Gasteiger partial charge in [-0.15, -0.1) is 10.2 Å². The third-order valence-electron chi connectivity index (χ3n) is 2.92. The monoisotopic (exact) mass is 280 g/mol. The van der Waals surface area contributed by atoms with E-state index in [0.29, 0.717) is 11.7 Å². The van der Waals surface area contributed by atoms with Crippen molar-refractivity contribution < 1.29 is 8.42 Å². The summed E-state index contributed by atoms with van der Waals surface area (Å²) in [7, 11) is -2.28. The Hall–Kier alpha value is -1.73. The van der Waals surface area contributed by atoms with E-state index in [2.05, 4.69) is 24.0 Å². The average molecular weight is 280 g/mol. The van der Waals surface area contributed by atoms with Crippen molar-refractivity contribution in [2.45, 2.75) is 24.9 Å². The summed E-state index contributed by atoms with van der Waals surface area (Å²) in [6.07, 6.45) is 0. The van der Waals surface area contributed by atoms with E-state index >= 15 is 0 Å². The van der Waals surface area contributed by atoms with Gasteiger partial charge in [-0.1, -0.05) is 38.1 Å². The van der Waals surface area contributed by atoms with Crippen LogP contribution in [0.1, 0.15) is 25.3 Å². The zero-order valence-electron chi connectivity index (χ0n) is 11.0. The number of aromatic nitrogens is 3. The number of hydrogen-bond acceptors (Lipinski definition) is 4. The second-order valence-electron chi connectivity index (χ2n) is 4.69. The van der Waals surface area contributed by atoms with Crippen LogP contribution >= 0.6 is 0 Å². The first-order chi connectivity index (χ1) is 8.80. The fourth-order valence-electron chi connectivity index (χ4n) is 1.83. The molecule has 102 valence electrons. The van der Waals surface area contributed by atoms with Crippen LogP contribution in [0.2, 0.25) is 0 Å². The number of primary sulfonamides is 1. The predicted octanol–water partition coefficient (Wildman–Crippen LogP) is 1.25. The SMILES string of the molecule is CC(C)c1ccc(-c2nnc(S(N)(=O)=O)n2C)cc1. The first kappa shape index (κ1) is 13.7. The minimum absolute atomic E-state index is 0.240. The zero-order valence-corrected chi connectivity index (χ0v) is 11.8. The first-order valence-electron chi connectivity index (χ1n) is 5.83. The van der Waals surface area contributed by atoms with Gasteiger partial charge in [0.15, 0.2) is 5.82 Å². The molecule has 0 saturated carbocycles. The summed E-state index contributed by atoms with van der Waals surface area (Å²) in [5.74, 6) is 0.910. The molecule has 1 aromatic carbocycles. The van der Waals surface area contributed by atoms with Crippen LogP contribution in [0.25, 0.3) is 11.4 Å². The number of benzene rings is 1. The molecule has 0 atom stereocenters. The summed E-state index contributed by atoms with van der Waals surface area (Å²) >= 11 is 0. The first-order valence-corrected chi connectivity index (χ1v) is 7.38. The molecule has 0 unspecified atom stereocenters. The average Bonchev–Trinajstić information content (AvgIpc) is 2.71. The van der Waals surface area contributed by atoms with Crippen molar-refractivity contribution in [3.05, 3.63) is 29.8 Å². The van der Waals surface area contributed by atoms with Crippen LogP contribution in [0.5, 0.6) is 0 Å². The second kappa shape index (κ2) is 4.75. The van der Waals surface area contributed by atoms with Crippen molar-refractivity contribution >= 4 is 10.0 Å². The van der Waals surface area contributed by atoms with Gasteiger partial charge >= 0.3 is 0 Å². The maximum atomic E-state index is 11.3. The van der Waals surface area contributed by atoms with Crippen LogP contribution in [-0.4, -0.2) is 23.2 Å². The molecule has 0 aliphatic heterocycles. The van der Waals surface area contributed by atoms with Gasteiger partial charge in [-0.05, 0) is 11.5 Å². The summed E-state index contributed by atoms with van der Waals surface area (Å²) in [6, 6.07) is 7.77. The smallest absolute Gasteiger partial charge is 0.273 e. The van der Waals surface area contributed by atoms with Crippen molar-refractivity contribution in [2.24, 2.45) is 12.2 Å². The van der Waals surface area contributed by atoms with Crippen LogP contribution in [-0.2, 0) is 17.1 Å². The van der Waals surface area contributed by atoms with Crippen molar-refractivity contribution in [1.29, 1.82) is 0 Å². The quantitative estimate of drug-likeness (QED) is 0.916. The Morgan fingerprint density at radius 3 is 2.16 bits per heavy atom. The van der Waals surface area contributed by atoms with Crippen molar-refractivity contribution in [3.8, 4) is 11.4 Å². The summed E-state index contributed by atoms with van der Waals surface area (Å²) in [6.45, 7) is 4.22. The molecular formula is C12H16N4O2S. The Kier molecular flexibility index (Phi) is 3.42. The lowest BCUT2D eigenvalue weighted by molar-refractivity contribution is 0.580. The third kappa shape index (κ3) is 2.66. The van der Waals surface area contributed by atoms with E-state index in [0.717, 1.165) is 5.56 Å². The topological polar surface area (TPSA) is 90.9 Å². The molecule has 19 heavy (non-hydrogen) atoms. The zero-order chi connectivity index (χ0) is 14.2. The fraction of sp³-hybridized carbons (Fsp3) is 0.333. The summed E-state index contributed by atoms with van der Waals surface area (Å²) in [5.41, 5.74) is 2.01. The molecule has 0 fully saturated rings. The number of nitrogens with zero attached hydrogens (tertiary/aromatic N) is 3. The van der Waals surface area contributed by atoms with Crippen LogP contribution < -0.4 is 5.14 Å². The molecule has 1 heterocycles. The van der Waals surface area contributed by atoms with Gasteiger partial charge in [-0.25, -0.2) is 13.6 Å². The molecule has 1 aromatic heterocycles. The fourth-order valence-corrected chi connectivity index (χ4v) is 2.45. The molecule has 2 aromatic rings. The highest BCUT2D eigenvalue weighted by atomic mass is 32.2. The lowest BCUT2D eigenvalue weighted by Crippen LogP contribution is -2.17. The van der Waals surface area contributed by atoms with E-state index in [1.807, 2.05) is 24.3 Å². The Bertz CT molecular complexity index is 687. The molecule has 2 N–H and O–H groups in total. The molecule has 6 nitrogen and oxygen atoms in total. The van der Waals surface area contributed by atoms with Crippen molar-refractivity contribution in [1.82, 2.24) is 14.8 Å². The minimum Gasteiger partial charge on any atom is -0.300 e. The van der Waals surface area contributed by atoms with Crippen molar-refractivity contribution in [3.63, 3.8) is 0 Å². The van der Waals surface area contributed by atoms with E-state index < -0.39 is 10.0 Å². The predicted molar refractivity (Wildman–Crippen MR) is 71.9 cm³/mol. The van der Waals surface area contributed by atoms with Gasteiger partial charge in [-0.3, -0.25) is 4.57 Å². The van der Waals surface area contributed by atoms with E-state index in [9.17, 15) is 8.42 Å². The van der Waals surface area contributed by atoms with Gasteiger partial charge in [-0.2, -0.15) is 0 Å². The standard InChI is InChI=1S/C12H16N4O2S/c1-8(2)9-4-6-10(7-5-9)11-14-15-12(16(11)3)19(13,17)18/h4-8H,1-3H3,(H2,13,17,18). The van der Waals surface area contributed by atoms with E-state index in [4.69, 9.17) is 5.14 Å². The lowest BCUT2D eigenvalue weighted by atomic mass is 10.0. The maximum Gasteiger partial charge on any atom is 0.273 e. The number of rotatable bonds is 3. The summed E-state index contributed by atoms with van der Waals surface area (Å²) < 4.78 is 24.0. The molecule has 2 rings (SSSR count). The van der Waals surface area contributed by atoms with E-state index in [1.165, 1.54) is 10.1 Å². The molecule has 0 aliphatic rings. The number of sulfonamides is 1. The van der Waals surface area contributed by atoms with Crippen LogP contribution in [0, 0.1) is 0 Å². The molecule has 0 amide bonds. The lowest BCUT2D eigenvalue weighted by Gasteiger charge is -2.06. The molecule has 0 spiro atoms. The van der Waals surface area contributed by atoms with Crippen LogP contribution in [0.4, 0.5) is 0 Å². The van der Waals surface area contributed by atoms with Gasteiger partial charge in [0.25, 0.3) is 15.2 Å². The molecule has 0 bridgehead atoms. The van der Waals surface area contributed by atoms with Gasteiger partial charge in [0.2, 0.25) is 0 Å². The summed E-state index contributed by atoms with van der Waals surface area (Å²) in [5, 5.41) is 12.3. The number of hydrogen-bond donors (Lipinski definition) is 1. The second-order valence-corrected chi connectivity index (χ2v) is 6.14. The van der Waals surface area contributed by atoms with Crippen molar-refractivity contribution in [2.75, 3.05) is 0 Å². The highest BCUT2D eigenvalue weighted by Crippen LogP contribution is 2.22. The van der Waals surface area contributed by atoms with E-state index in [-0.39, 0.29) is 5.16 Å². The van der Waals surface area contributed by atoms with Crippen LogP contribution in [0.3, 0.4) is 0 Å². The third-order valence-corrected chi connectivity index (χ3v) is 3.79. The molecule has 0 aliphatic carbocycles. The minimum atomic E-state index is -3.85. The molecular weight excluding hydrogens is 264 g/mol. The van der Waals surface area contributed by atoms with Gasteiger partial charge < -0.3 is 0 Å². The van der Waals surface area contributed by atoms with Gasteiger partial charge in [0.1, 0.15) is 0 Å². The van der Waals surface area contributed by atoms with E-state index in [1.54, 1.807) is 7.05 Å². The molecule has 0 saturated heterocycles. The Labute approximate surface area is 112 Å². The maximum absolute atomic E-state index is 11.3. The normalized spacial score (nSPS) is 12.1. The molecule has 0 radical (unpaired) electrons. The van der Waals surface area contributed by atoms with Gasteiger partial charge in [0.05, 0.1) is 0 Å². The largest absolute Gasteiger partial charge is 0.300 e. The summed E-state index contributed by atoms with van der Waals surface area (Å²) in [4.78, 5) is 0. The molecule has 7 heteroatoms. The Balaban J connectivity index is 2.46. The highest BCUT2D eigenvalue weighted by molar-refractivity contribution is 7.89. The van der Waals surface area contributed by atoms with Gasteiger partial charge in [0, 0.05) is 12.6 Å². The Morgan fingerprint density at radius 2 is 1.74 bits per heavy atom.